The number of hydrogen-bond acceptors (Lipinski definition) is 3. The van der Waals surface area contributed by atoms with Gasteiger partial charge in [-0.05, 0) is 61.9 Å². The Morgan fingerprint density at radius 1 is 1.43 bits per heavy atom. The molecule has 2 rings (SSSR count). The van der Waals surface area contributed by atoms with Crippen molar-refractivity contribution >= 4 is 11.8 Å². The quantitative estimate of drug-likeness (QED) is 0.712. The van der Waals surface area contributed by atoms with Crippen LogP contribution in [0.5, 0.6) is 0 Å². The minimum Gasteiger partial charge on any atom is -0.366 e. The number of nitrogens with two attached hydrogens (primary N) is 1. The van der Waals surface area contributed by atoms with Crippen LogP contribution in [0.25, 0.3) is 0 Å². The first-order valence-electron chi connectivity index (χ1n) is 8.42. The molecule has 1 fully saturated rings. The van der Waals surface area contributed by atoms with E-state index in [1.807, 2.05) is 12.1 Å². The van der Waals surface area contributed by atoms with Gasteiger partial charge < -0.3 is 16.4 Å². The van der Waals surface area contributed by atoms with Crippen molar-refractivity contribution in [2.75, 3.05) is 19.6 Å². The summed E-state index contributed by atoms with van der Waals surface area (Å²) in [6.07, 6.45) is 3.69. The van der Waals surface area contributed by atoms with Gasteiger partial charge in [0.2, 0.25) is 11.8 Å². The lowest BCUT2D eigenvalue weighted by molar-refractivity contribution is -0.122. The smallest absolute Gasteiger partial charge is 0.248 e. The highest BCUT2D eigenvalue weighted by atomic mass is 16.1. The molecule has 5 heteroatoms. The predicted octanol–water partition coefficient (Wildman–Crippen LogP) is 1.47. The maximum atomic E-state index is 12.1. The zero-order chi connectivity index (χ0) is 16.7. The number of primary amides is 1. The largest absolute Gasteiger partial charge is 0.366 e. The molecule has 1 aromatic rings. The molecule has 0 aliphatic carbocycles. The molecule has 0 saturated carbocycles. The van der Waals surface area contributed by atoms with E-state index in [1.165, 1.54) is 12.8 Å². The Hall–Kier alpha value is -1.88. The van der Waals surface area contributed by atoms with E-state index >= 15 is 0 Å². The molecule has 2 amide bonds. The van der Waals surface area contributed by atoms with Gasteiger partial charge in [0.05, 0.1) is 0 Å². The Morgan fingerprint density at radius 3 is 2.96 bits per heavy atom. The number of amides is 2. The highest BCUT2D eigenvalue weighted by Crippen LogP contribution is 2.22. The molecule has 2 atom stereocenters. The third-order valence-electron chi connectivity index (χ3n) is 4.59. The molecule has 1 aromatic carbocycles. The van der Waals surface area contributed by atoms with Crippen molar-refractivity contribution in [3.63, 3.8) is 0 Å². The number of hydrogen-bond donors (Lipinski definition) is 3. The lowest BCUT2D eigenvalue weighted by Crippen LogP contribution is -2.36. The van der Waals surface area contributed by atoms with Gasteiger partial charge in [-0.1, -0.05) is 19.1 Å². The number of carbonyl (C=O) groups is 2. The molecule has 23 heavy (non-hydrogen) atoms. The Kier molecular flexibility index (Phi) is 6.59. The third kappa shape index (κ3) is 5.67. The average Bonchev–Trinajstić information content (AvgIpc) is 2.56. The lowest BCUT2D eigenvalue weighted by Gasteiger charge is -2.28. The van der Waals surface area contributed by atoms with Crippen LogP contribution in [0, 0.1) is 11.8 Å². The maximum absolute atomic E-state index is 12.1. The Morgan fingerprint density at radius 2 is 2.26 bits per heavy atom. The molecular formula is C18H27N3O2. The van der Waals surface area contributed by atoms with Gasteiger partial charge in [-0.15, -0.1) is 0 Å². The molecule has 4 N–H and O–H groups in total. The molecule has 0 bridgehead atoms. The second kappa shape index (κ2) is 8.67. The van der Waals surface area contributed by atoms with E-state index in [2.05, 4.69) is 17.6 Å². The van der Waals surface area contributed by atoms with E-state index < -0.39 is 5.91 Å². The number of benzene rings is 1. The van der Waals surface area contributed by atoms with Crippen LogP contribution in [0.15, 0.2) is 24.3 Å². The van der Waals surface area contributed by atoms with Crippen molar-refractivity contribution in [2.45, 2.75) is 32.6 Å². The van der Waals surface area contributed by atoms with Crippen molar-refractivity contribution in [3.8, 4) is 0 Å². The molecule has 1 saturated heterocycles. The summed E-state index contributed by atoms with van der Waals surface area (Å²) in [6.45, 7) is 4.86. The van der Waals surface area contributed by atoms with Crippen LogP contribution >= 0.6 is 0 Å². The summed E-state index contributed by atoms with van der Waals surface area (Å²) in [5.41, 5.74) is 6.78. The molecule has 0 aromatic heterocycles. The summed E-state index contributed by atoms with van der Waals surface area (Å²) in [6, 6.07) is 7.24. The molecule has 126 valence electrons. The van der Waals surface area contributed by atoms with Crippen LogP contribution in [-0.2, 0) is 11.2 Å². The average molecular weight is 317 g/mol. The molecule has 5 nitrogen and oxygen atoms in total. The van der Waals surface area contributed by atoms with Gasteiger partial charge in [-0.3, -0.25) is 9.59 Å². The molecule has 0 radical (unpaired) electrons. The summed E-state index contributed by atoms with van der Waals surface area (Å²) in [7, 11) is 0. The Bertz CT molecular complexity index is 539. The fraction of sp³-hybridized carbons (Fsp3) is 0.556. The molecule has 0 spiro atoms. The summed E-state index contributed by atoms with van der Waals surface area (Å²) >= 11 is 0. The fourth-order valence-corrected chi connectivity index (χ4v) is 3.12. The van der Waals surface area contributed by atoms with E-state index in [9.17, 15) is 9.59 Å². The fourth-order valence-electron chi connectivity index (χ4n) is 3.12. The number of rotatable bonds is 7. The molecule has 2 unspecified atom stereocenters. The SMILES string of the molecule is CC(CC(=O)NCCc1cccc(C(N)=O)c1)C1CCCNC1. The van der Waals surface area contributed by atoms with E-state index in [4.69, 9.17) is 5.73 Å². The van der Waals surface area contributed by atoms with Crippen LogP contribution < -0.4 is 16.4 Å². The van der Waals surface area contributed by atoms with Gasteiger partial charge in [-0.25, -0.2) is 0 Å². The Labute approximate surface area is 138 Å². The molecule has 1 heterocycles. The third-order valence-corrected chi connectivity index (χ3v) is 4.59. The van der Waals surface area contributed by atoms with Gasteiger partial charge in [0.25, 0.3) is 0 Å². The summed E-state index contributed by atoms with van der Waals surface area (Å²) < 4.78 is 0. The van der Waals surface area contributed by atoms with E-state index in [0.717, 1.165) is 18.7 Å². The monoisotopic (exact) mass is 317 g/mol. The van der Waals surface area contributed by atoms with E-state index in [-0.39, 0.29) is 5.91 Å². The summed E-state index contributed by atoms with van der Waals surface area (Å²) in [5, 5.41) is 6.37. The van der Waals surface area contributed by atoms with Crippen LogP contribution in [0.3, 0.4) is 0 Å². The predicted molar refractivity (Wildman–Crippen MR) is 91.0 cm³/mol. The number of carbonyl (C=O) groups excluding carboxylic acids is 2. The second-order valence-corrected chi connectivity index (χ2v) is 6.45. The molecule has 1 aliphatic rings. The second-order valence-electron chi connectivity index (χ2n) is 6.45. The van der Waals surface area contributed by atoms with Crippen molar-refractivity contribution in [1.82, 2.24) is 10.6 Å². The maximum Gasteiger partial charge on any atom is 0.248 e. The number of piperidine rings is 1. The highest BCUT2D eigenvalue weighted by molar-refractivity contribution is 5.92. The normalized spacial score (nSPS) is 19.1. The van der Waals surface area contributed by atoms with Gasteiger partial charge in [0, 0.05) is 18.5 Å². The standard InChI is InChI=1S/C18H27N3O2/c1-13(16-6-3-8-20-12-16)10-17(22)21-9-7-14-4-2-5-15(11-14)18(19)23/h2,4-5,11,13,16,20H,3,6-10,12H2,1H3,(H2,19,23)(H,21,22). The van der Waals surface area contributed by atoms with Crippen molar-refractivity contribution in [1.29, 1.82) is 0 Å². The van der Waals surface area contributed by atoms with Gasteiger partial charge >= 0.3 is 0 Å². The van der Waals surface area contributed by atoms with Gasteiger partial charge in [0.1, 0.15) is 0 Å². The lowest BCUT2D eigenvalue weighted by atomic mass is 9.85. The van der Waals surface area contributed by atoms with Crippen molar-refractivity contribution in [3.05, 3.63) is 35.4 Å². The van der Waals surface area contributed by atoms with Gasteiger partial charge in [-0.2, -0.15) is 0 Å². The first-order valence-corrected chi connectivity index (χ1v) is 8.42. The number of nitrogens with one attached hydrogen (secondary N) is 2. The first-order chi connectivity index (χ1) is 11.1. The van der Waals surface area contributed by atoms with Crippen LogP contribution in [0.4, 0.5) is 0 Å². The molecule has 1 aliphatic heterocycles. The van der Waals surface area contributed by atoms with Gasteiger partial charge in [0.15, 0.2) is 0 Å². The first kappa shape index (κ1) is 17.5. The summed E-state index contributed by atoms with van der Waals surface area (Å²) in [5.74, 6) is 0.683. The van der Waals surface area contributed by atoms with Crippen molar-refractivity contribution < 1.29 is 9.59 Å². The van der Waals surface area contributed by atoms with Crippen molar-refractivity contribution in [2.24, 2.45) is 17.6 Å². The van der Waals surface area contributed by atoms with Crippen LogP contribution in [-0.4, -0.2) is 31.4 Å². The summed E-state index contributed by atoms with van der Waals surface area (Å²) in [4.78, 5) is 23.2. The van der Waals surface area contributed by atoms with Crippen LogP contribution in [0.2, 0.25) is 0 Å². The minimum atomic E-state index is -0.425. The van der Waals surface area contributed by atoms with Crippen LogP contribution in [0.1, 0.15) is 42.1 Å². The zero-order valence-electron chi connectivity index (χ0n) is 13.8. The highest BCUT2D eigenvalue weighted by Gasteiger charge is 2.21. The van der Waals surface area contributed by atoms with E-state index in [1.54, 1.807) is 12.1 Å². The Balaban J connectivity index is 1.72. The van der Waals surface area contributed by atoms with E-state index in [0.29, 0.717) is 36.8 Å². The topological polar surface area (TPSA) is 84.2 Å². The molecular weight excluding hydrogens is 290 g/mol. The zero-order valence-corrected chi connectivity index (χ0v) is 13.8. The minimum absolute atomic E-state index is 0.106.